The van der Waals surface area contributed by atoms with Crippen LogP contribution in [0.1, 0.15) is 98.8 Å². The minimum atomic E-state index is -0.328. The highest BCUT2D eigenvalue weighted by Gasteiger charge is 2.82. The topological polar surface area (TPSA) is 40.5 Å². The molecule has 5 rings (SSSR count). The molecule has 0 radical (unpaired) electrons. The smallest absolute Gasteiger partial charge is 0.0618 e. The van der Waals surface area contributed by atoms with Crippen molar-refractivity contribution in [3.8, 4) is 0 Å². The van der Waals surface area contributed by atoms with Crippen molar-refractivity contribution < 1.29 is 10.2 Å². The minimum absolute atomic E-state index is 0.146. The summed E-state index contributed by atoms with van der Waals surface area (Å²) in [4.78, 5) is 0. The fourth-order valence-corrected chi connectivity index (χ4v) is 11.0. The van der Waals surface area contributed by atoms with Crippen LogP contribution in [0.15, 0.2) is 24.3 Å². The molecule has 2 heteroatoms. The van der Waals surface area contributed by atoms with Crippen LogP contribution in [0.3, 0.4) is 0 Å². The first-order valence-corrected chi connectivity index (χ1v) is 13.6. The van der Waals surface area contributed by atoms with Gasteiger partial charge in [0.2, 0.25) is 0 Å². The Morgan fingerprint density at radius 2 is 1.66 bits per heavy atom. The van der Waals surface area contributed by atoms with Crippen molar-refractivity contribution in [1.29, 1.82) is 0 Å². The van der Waals surface area contributed by atoms with E-state index in [4.69, 9.17) is 0 Å². The Bertz CT molecular complexity index is 816. The first-order chi connectivity index (χ1) is 15.0. The Kier molecular flexibility index (Phi) is 5.21. The summed E-state index contributed by atoms with van der Waals surface area (Å²) < 4.78 is 0. The molecule has 5 aliphatic rings. The SMILES string of the molecule is C=C(C)/C=C/C[C@@H](C)[C@H]1CC[C@@]2(C)[C@@H]3CC[C@H]4[C@](C)(CO)[C@@H](O)CC[C@@]45C[C@@]35CC[C@]12C. The monoisotopic (exact) mass is 440 g/mol. The summed E-state index contributed by atoms with van der Waals surface area (Å²) in [6, 6.07) is 0. The average molecular weight is 441 g/mol. The molecule has 2 N–H and O–H groups in total. The Hall–Kier alpha value is -0.600. The van der Waals surface area contributed by atoms with Crippen LogP contribution in [0.5, 0.6) is 0 Å². The summed E-state index contributed by atoms with van der Waals surface area (Å²) in [7, 11) is 0. The second-order valence-corrected chi connectivity index (χ2v) is 13.8. The zero-order valence-corrected chi connectivity index (χ0v) is 21.4. The van der Waals surface area contributed by atoms with Gasteiger partial charge in [-0.1, -0.05) is 52.0 Å². The standard InChI is InChI=1S/C30H48O2/c1-20(2)8-7-9-21(3)22-12-14-28(6)24-11-10-23-26(4,19-31)25(32)13-15-29(23)18-30(24,29)17-16-27(22,28)5/h7-8,21-25,31-32H,1,9-19H2,2-6H3/b8-7+/t21-,22-,23+,24+,25+,26+,27-,28+,29-,30+/m1/s1. The molecule has 0 aliphatic heterocycles. The van der Waals surface area contributed by atoms with Gasteiger partial charge in [0.25, 0.3) is 0 Å². The van der Waals surface area contributed by atoms with Crippen LogP contribution in [0.25, 0.3) is 0 Å². The highest BCUT2D eigenvalue weighted by molar-refractivity contribution is 5.31. The number of aliphatic hydroxyl groups excluding tert-OH is 2. The minimum Gasteiger partial charge on any atom is -0.396 e. The van der Waals surface area contributed by atoms with Crippen LogP contribution in [-0.2, 0) is 0 Å². The van der Waals surface area contributed by atoms with E-state index in [-0.39, 0.29) is 18.1 Å². The van der Waals surface area contributed by atoms with Crippen molar-refractivity contribution in [2.45, 2.75) is 105 Å². The summed E-state index contributed by atoms with van der Waals surface area (Å²) in [6.45, 7) is 16.3. The molecule has 0 unspecified atom stereocenters. The first kappa shape index (κ1) is 23.2. The molecule has 32 heavy (non-hydrogen) atoms. The van der Waals surface area contributed by atoms with Gasteiger partial charge in [-0.15, -0.1) is 0 Å². The second-order valence-electron chi connectivity index (χ2n) is 13.8. The van der Waals surface area contributed by atoms with Crippen molar-refractivity contribution in [1.82, 2.24) is 0 Å². The fraction of sp³-hybridized carbons (Fsp3) is 0.867. The number of aliphatic hydroxyl groups is 2. The van der Waals surface area contributed by atoms with Crippen LogP contribution in [0.2, 0.25) is 0 Å². The van der Waals surface area contributed by atoms with Crippen LogP contribution < -0.4 is 0 Å². The zero-order valence-electron chi connectivity index (χ0n) is 21.4. The summed E-state index contributed by atoms with van der Waals surface area (Å²) in [5.41, 5.74) is 2.66. The van der Waals surface area contributed by atoms with Crippen molar-refractivity contribution in [2.24, 2.45) is 50.7 Å². The molecule has 5 fully saturated rings. The second kappa shape index (κ2) is 7.20. The van der Waals surface area contributed by atoms with Crippen LogP contribution >= 0.6 is 0 Å². The lowest BCUT2D eigenvalue weighted by molar-refractivity contribution is -0.174. The molecular formula is C30H48O2. The van der Waals surface area contributed by atoms with E-state index in [0.29, 0.717) is 27.6 Å². The summed E-state index contributed by atoms with van der Waals surface area (Å²) >= 11 is 0. The van der Waals surface area contributed by atoms with Gasteiger partial charge in [0.05, 0.1) is 12.7 Å². The van der Waals surface area contributed by atoms with Crippen molar-refractivity contribution in [3.63, 3.8) is 0 Å². The molecule has 10 atom stereocenters. The van der Waals surface area contributed by atoms with E-state index in [1.807, 2.05) is 0 Å². The molecule has 0 saturated heterocycles. The fourth-order valence-electron chi connectivity index (χ4n) is 11.0. The van der Waals surface area contributed by atoms with E-state index in [0.717, 1.165) is 29.7 Å². The highest BCUT2D eigenvalue weighted by Crippen LogP contribution is 2.89. The zero-order chi connectivity index (χ0) is 23.2. The van der Waals surface area contributed by atoms with Crippen LogP contribution in [0.4, 0.5) is 0 Å². The van der Waals surface area contributed by atoms with Gasteiger partial charge < -0.3 is 10.2 Å². The molecule has 180 valence electrons. The predicted octanol–water partition coefficient (Wildman–Crippen LogP) is 6.92. The number of hydrogen-bond acceptors (Lipinski definition) is 2. The lowest BCUT2D eigenvalue weighted by Crippen LogP contribution is -2.59. The molecule has 5 saturated carbocycles. The van der Waals surface area contributed by atoms with E-state index < -0.39 is 0 Å². The van der Waals surface area contributed by atoms with Gasteiger partial charge in [-0.3, -0.25) is 0 Å². The van der Waals surface area contributed by atoms with Gasteiger partial charge >= 0.3 is 0 Å². The predicted molar refractivity (Wildman–Crippen MR) is 132 cm³/mol. The third kappa shape index (κ3) is 2.66. The third-order valence-electron chi connectivity index (χ3n) is 12.9. The normalized spacial score (nSPS) is 55.0. The van der Waals surface area contributed by atoms with Gasteiger partial charge in [-0.05, 0) is 116 Å². The van der Waals surface area contributed by atoms with E-state index in [1.165, 1.54) is 57.8 Å². The molecule has 0 aromatic heterocycles. The average Bonchev–Trinajstić information content (AvgIpc) is 3.33. The number of hydrogen-bond donors (Lipinski definition) is 2. The number of fused-ring (bicyclic) bond motifs is 2. The maximum Gasteiger partial charge on any atom is 0.0618 e. The maximum atomic E-state index is 10.9. The van der Waals surface area contributed by atoms with E-state index in [2.05, 4.69) is 53.3 Å². The largest absolute Gasteiger partial charge is 0.396 e. The highest BCUT2D eigenvalue weighted by atomic mass is 16.3. The summed E-state index contributed by atoms with van der Waals surface area (Å²) in [5.74, 6) is 2.91. The molecule has 0 aromatic carbocycles. The third-order valence-corrected chi connectivity index (χ3v) is 12.9. The van der Waals surface area contributed by atoms with Gasteiger partial charge in [0.1, 0.15) is 0 Å². The molecule has 0 heterocycles. The Morgan fingerprint density at radius 1 is 0.969 bits per heavy atom. The van der Waals surface area contributed by atoms with Crippen molar-refractivity contribution in [2.75, 3.05) is 6.61 Å². The molecule has 0 bridgehead atoms. The molecule has 5 aliphatic carbocycles. The number of rotatable bonds is 5. The van der Waals surface area contributed by atoms with Crippen LogP contribution in [0, 0.1) is 50.7 Å². The Balaban J connectivity index is 1.42. The van der Waals surface area contributed by atoms with E-state index in [9.17, 15) is 10.2 Å². The molecule has 0 aromatic rings. The van der Waals surface area contributed by atoms with Crippen molar-refractivity contribution >= 4 is 0 Å². The Labute approximate surface area is 197 Å². The van der Waals surface area contributed by atoms with E-state index in [1.54, 1.807) is 0 Å². The van der Waals surface area contributed by atoms with Gasteiger partial charge in [-0.25, -0.2) is 0 Å². The molecular weight excluding hydrogens is 392 g/mol. The molecule has 2 nitrogen and oxygen atoms in total. The quantitative estimate of drug-likeness (QED) is 0.456. The molecule has 2 spiro atoms. The van der Waals surface area contributed by atoms with Gasteiger partial charge in [0, 0.05) is 5.41 Å². The van der Waals surface area contributed by atoms with Crippen molar-refractivity contribution in [3.05, 3.63) is 24.3 Å². The van der Waals surface area contributed by atoms with Crippen LogP contribution in [-0.4, -0.2) is 22.9 Å². The Morgan fingerprint density at radius 3 is 2.34 bits per heavy atom. The first-order valence-electron chi connectivity index (χ1n) is 13.6. The van der Waals surface area contributed by atoms with Gasteiger partial charge in [0.15, 0.2) is 0 Å². The summed E-state index contributed by atoms with van der Waals surface area (Å²) in [6.07, 6.45) is 17.0. The summed E-state index contributed by atoms with van der Waals surface area (Å²) in [5, 5.41) is 21.2. The molecule has 0 amide bonds. The lowest BCUT2D eigenvalue weighted by atomic mass is 9.41. The maximum absolute atomic E-state index is 10.9. The van der Waals surface area contributed by atoms with E-state index >= 15 is 0 Å². The number of allylic oxidation sites excluding steroid dienone is 3. The lowest BCUT2D eigenvalue weighted by Gasteiger charge is -2.63. The van der Waals surface area contributed by atoms with Gasteiger partial charge in [-0.2, -0.15) is 0 Å².